The van der Waals surface area contributed by atoms with Crippen LogP contribution in [-0.4, -0.2) is 11.7 Å². The van der Waals surface area contributed by atoms with Gasteiger partial charge in [0, 0.05) is 11.9 Å². The van der Waals surface area contributed by atoms with Gasteiger partial charge in [0.2, 0.25) is 0 Å². The SMILES string of the molecule is CCNC(=S)NC(c1ccccc1)c1cc2ccccc2o1. The molecular formula is C18H18N2OS. The van der Waals surface area contributed by atoms with Gasteiger partial charge in [0.15, 0.2) is 5.11 Å². The number of hydrogen-bond acceptors (Lipinski definition) is 2. The van der Waals surface area contributed by atoms with Gasteiger partial charge in [-0.05, 0) is 36.8 Å². The van der Waals surface area contributed by atoms with Crippen LogP contribution in [-0.2, 0) is 0 Å². The molecule has 0 amide bonds. The first-order chi connectivity index (χ1) is 10.8. The van der Waals surface area contributed by atoms with Crippen molar-refractivity contribution in [3.63, 3.8) is 0 Å². The highest BCUT2D eigenvalue weighted by Crippen LogP contribution is 2.28. The lowest BCUT2D eigenvalue weighted by molar-refractivity contribution is 0.505. The van der Waals surface area contributed by atoms with Gasteiger partial charge in [0.25, 0.3) is 0 Å². The summed E-state index contributed by atoms with van der Waals surface area (Å²) >= 11 is 5.35. The summed E-state index contributed by atoms with van der Waals surface area (Å²) < 4.78 is 6.01. The first-order valence-corrected chi connectivity index (χ1v) is 7.76. The fourth-order valence-electron chi connectivity index (χ4n) is 2.45. The largest absolute Gasteiger partial charge is 0.459 e. The molecule has 3 aromatic rings. The lowest BCUT2D eigenvalue weighted by Crippen LogP contribution is -2.37. The van der Waals surface area contributed by atoms with Crippen molar-refractivity contribution in [1.29, 1.82) is 0 Å². The summed E-state index contributed by atoms with van der Waals surface area (Å²) in [5.41, 5.74) is 2.00. The third-order valence-electron chi connectivity index (χ3n) is 3.47. The number of hydrogen-bond donors (Lipinski definition) is 2. The summed E-state index contributed by atoms with van der Waals surface area (Å²) in [5.74, 6) is 0.854. The molecule has 3 rings (SSSR count). The van der Waals surface area contributed by atoms with E-state index in [1.165, 1.54) is 0 Å². The highest BCUT2D eigenvalue weighted by atomic mass is 32.1. The van der Waals surface area contributed by atoms with Crippen molar-refractivity contribution >= 4 is 28.3 Å². The third-order valence-corrected chi connectivity index (χ3v) is 3.74. The second kappa shape index (κ2) is 6.62. The van der Waals surface area contributed by atoms with Crippen LogP contribution in [0.3, 0.4) is 0 Å². The Morgan fingerprint density at radius 1 is 1.09 bits per heavy atom. The number of furan rings is 1. The number of fused-ring (bicyclic) bond motifs is 1. The quantitative estimate of drug-likeness (QED) is 0.714. The molecule has 4 heteroatoms. The Bertz CT molecular complexity index is 734. The maximum Gasteiger partial charge on any atom is 0.167 e. The molecule has 0 spiro atoms. The van der Waals surface area contributed by atoms with Crippen molar-refractivity contribution in [1.82, 2.24) is 10.6 Å². The van der Waals surface area contributed by atoms with Crippen LogP contribution in [0.2, 0.25) is 0 Å². The molecule has 1 aromatic heterocycles. The fraction of sp³-hybridized carbons (Fsp3) is 0.167. The maximum absolute atomic E-state index is 6.01. The molecule has 0 radical (unpaired) electrons. The lowest BCUT2D eigenvalue weighted by atomic mass is 10.0. The summed E-state index contributed by atoms with van der Waals surface area (Å²) in [6.07, 6.45) is 0. The van der Waals surface area contributed by atoms with Crippen molar-refractivity contribution in [2.45, 2.75) is 13.0 Å². The van der Waals surface area contributed by atoms with Crippen molar-refractivity contribution < 1.29 is 4.42 Å². The number of para-hydroxylation sites is 1. The molecule has 0 bridgehead atoms. The average molecular weight is 310 g/mol. The van der Waals surface area contributed by atoms with Gasteiger partial charge in [0.05, 0.1) is 0 Å². The second-order valence-electron chi connectivity index (χ2n) is 5.03. The zero-order chi connectivity index (χ0) is 15.4. The number of rotatable bonds is 4. The van der Waals surface area contributed by atoms with E-state index < -0.39 is 0 Å². The minimum Gasteiger partial charge on any atom is -0.459 e. The van der Waals surface area contributed by atoms with E-state index in [9.17, 15) is 0 Å². The van der Waals surface area contributed by atoms with E-state index in [2.05, 4.69) is 28.8 Å². The van der Waals surface area contributed by atoms with Crippen LogP contribution in [0.4, 0.5) is 0 Å². The molecule has 0 aliphatic rings. The van der Waals surface area contributed by atoms with Gasteiger partial charge in [0.1, 0.15) is 17.4 Å². The third kappa shape index (κ3) is 3.12. The van der Waals surface area contributed by atoms with Crippen LogP contribution < -0.4 is 10.6 Å². The molecule has 0 saturated carbocycles. The molecule has 1 heterocycles. The number of thiocarbonyl (C=S) groups is 1. The number of benzene rings is 2. The Morgan fingerprint density at radius 2 is 1.82 bits per heavy atom. The van der Waals surface area contributed by atoms with E-state index in [4.69, 9.17) is 16.6 Å². The standard InChI is InChI=1S/C18H18N2OS/c1-2-19-18(22)20-17(13-8-4-3-5-9-13)16-12-14-10-6-7-11-15(14)21-16/h3-12,17H,2H2,1H3,(H2,19,20,22). The fourth-order valence-corrected chi connectivity index (χ4v) is 2.71. The van der Waals surface area contributed by atoms with Gasteiger partial charge in [-0.3, -0.25) is 0 Å². The molecule has 1 atom stereocenters. The van der Waals surface area contributed by atoms with Crippen LogP contribution in [0, 0.1) is 0 Å². The van der Waals surface area contributed by atoms with E-state index in [0.29, 0.717) is 5.11 Å². The monoisotopic (exact) mass is 310 g/mol. The van der Waals surface area contributed by atoms with Crippen molar-refractivity contribution in [2.75, 3.05) is 6.54 Å². The van der Waals surface area contributed by atoms with Crippen LogP contribution in [0.15, 0.2) is 65.1 Å². The van der Waals surface area contributed by atoms with Gasteiger partial charge in [-0.1, -0.05) is 48.5 Å². The molecule has 0 aliphatic carbocycles. The summed E-state index contributed by atoms with van der Waals surface area (Å²) in [4.78, 5) is 0. The summed E-state index contributed by atoms with van der Waals surface area (Å²) in [6.45, 7) is 2.81. The Balaban J connectivity index is 1.98. The highest BCUT2D eigenvalue weighted by Gasteiger charge is 2.19. The molecule has 0 saturated heterocycles. The molecule has 2 aromatic carbocycles. The van der Waals surface area contributed by atoms with E-state index >= 15 is 0 Å². The Hall–Kier alpha value is -2.33. The predicted octanol–water partition coefficient (Wildman–Crippen LogP) is 4.01. The van der Waals surface area contributed by atoms with Gasteiger partial charge < -0.3 is 15.1 Å². The van der Waals surface area contributed by atoms with Crippen molar-refractivity contribution in [3.8, 4) is 0 Å². The summed E-state index contributed by atoms with van der Waals surface area (Å²) in [7, 11) is 0. The van der Waals surface area contributed by atoms with Crippen molar-refractivity contribution in [2.24, 2.45) is 0 Å². The van der Waals surface area contributed by atoms with Crippen LogP contribution in [0.1, 0.15) is 24.3 Å². The Morgan fingerprint density at radius 3 is 2.55 bits per heavy atom. The zero-order valence-corrected chi connectivity index (χ0v) is 13.2. The molecule has 3 nitrogen and oxygen atoms in total. The molecule has 112 valence electrons. The first-order valence-electron chi connectivity index (χ1n) is 7.35. The van der Waals surface area contributed by atoms with Gasteiger partial charge in [-0.25, -0.2) is 0 Å². The molecule has 1 unspecified atom stereocenters. The number of nitrogens with one attached hydrogen (secondary N) is 2. The smallest absolute Gasteiger partial charge is 0.167 e. The van der Waals surface area contributed by atoms with E-state index in [1.807, 2.05) is 49.4 Å². The van der Waals surface area contributed by atoms with Crippen LogP contribution in [0.25, 0.3) is 11.0 Å². The highest BCUT2D eigenvalue weighted by molar-refractivity contribution is 7.80. The van der Waals surface area contributed by atoms with E-state index in [0.717, 1.165) is 28.8 Å². The van der Waals surface area contributed by atoms with E-state index in [1.54, 1.807) is 0 Å². The first kappa shape index (κ1) is 14.6. The van der Waals surface area contributed by atoms with E-state index in [-0.39, 0.29) is 6.04 Å². The second-order valence-corrected chi connectivity index (χ2v) is 5.44. The molecular weight excluding hydrogens is 292 g/mol. The minimum atomic E-state index is -0.111. The van der Waals surface area contributed by atoms with Gasteiger partial charge in [-0.15, -0.1) is 0 Å². The lowest BCUT2D eigenvalue weighted by Gasteiger charge is -2.19. The summed E-state index contributed by atoms with van der Waals surface area (Å²) in [6, 6.07) is 20.1. The average Bonchev–Trinajstić information content (AvgIpc) is 2.97. The Labute approximate surface area is 135 Å². The zero-order valence-electron chi connectivity index (χ0n) is 12.4. The normalized spacial score (nSPS) is 12.0. The Kier molecular flexibility index (Phi) is 4.39. The van der Waals surface area contributed by atoms with Crippen LogP contribution >= 0.6 is 12.2 Å². The summed E-state index contributed by atoms with van der Waals surface area (Å²) in [5, 5.41) is 8.18. The predicted molar refractivity (Wildman–Crippen MR) is 93.9 cm³/mol. The van der Waals surface area contributed by atoms with Gasteiger partial charge >= 0.3 is 0 Å². The molecule has 22 heavy (non-hydrogen) atoms. The topological polar surface area (TPSA) is 37.2 Å². The maximum atomic E-state index is 6.01. The van der Waals surface area contributed by atoms with Crippen LogP contribution in [0.5, 0.6) is 0 Å². The van der Waals surface area contributed by atoms with Gasteiger partial charge in [-0.2, -0.15) is 0 Å². The molecule has 0 aliphatic heterocycles. The molecule has 0 fully saturated rings. The van der Waals surface area contributed by atoms with Crippen molar-refractivity contribution in [3.05, 3.63) is 72.0 Å². The molecule has 2 N–H and O–H groups in total. The minimum absolute atomic E-state index is 0.111.